The molecule has 0 spiro atoms. The quantitative estimate of drug-likeness (QED) is 0.705. The van der Waals surface area contributed by atoms with Gasteiger partial charge < -0.3 is 20.6 Å². The Morgan fingerprint density at radius 2 is 1.68 bits per heavy atom. The number of carbonyl (C=O) groups excluding carboxylic acids is 2. The predicted octanol–water partition coefficient (Wildman–Crippen LogP) is 3.43. The van der Waals surface area contributed by atoms with Crippen LogP contribution in [0, 0.1) is 5.82 Å². The third kappa shape index (κ3) is 3.37. The normalized spacial score (nSPS) is 25.9. The Balaban J connectivity index is 1.17. The fourth-order valence-corrected chi connectivity index (χ4v) is 5.24. The summed E-state index contributed by atoms with van der Waals surface area (Å²) in [5.41, 5.74) is 2.26. The number of halogens is 1. The van der Waals surface area contributed by atoms with Gasteiger partial charge in [-0.15, -0.1) is 0 Å². The number of hydrogen-bond donors (Lipinski definition) is 3. The Bertz CT molecular complexity index is 1050. The molecule has 6 rings (SSSR count). The molecule has 3 fully saturated rings. The highest BCUT2D eigenvalue weighted by Crippen LogP contribution is 2.67. The molecule has 2 aromatic rings. The van der Waals surface area contributed by atoms with E-state index in [2.05, 4.69) is 10.6 Å². The van der Waals surface area contributed by atoms with Crippen LogP contribution in [-0.4, -0.2) is 33.1 Å². The molecule has 3 N–H and O–H groups in total. The summed E-state index contributed by atoms with van der Waals surface area (Å²) in [5.74, 6) is -0.614. The van der Waals surface area contributed by atoms with Crippen molar-refractivity contribution in [3.05, 3.63) is 65.0 Å². The molecule has 3 saturated carbocycles. The molecule has 1 heterocycles. The highest BCUT2D eigenvalue weighted by molar-refractivity contribution is 5.89. The Morgan fingerprint density at radius 3 is 2.32 bits per heavy atom. The molecular weight excluding hydrogens is 397 g/mol. The van der Waals surface area contributed by atoms with E-state index in [9.17, 15) is 19.1 Å². The standard InChI is InChI=1S/C24H26FN3O3/c1-22(2,31)20(29)27-24-12-23(13-24,14-24)17-4-7-19(8-5-17)26-21(30)28-10-15-3-6-18(25)9-16(15)11-28/h3-9,31H,10-14H2,1-2H3,(H,26,30)(H,27,29). The molecule has 0 aromatic heterocycles. The second kappa shape index (κ2) is 6.53. The van der Waals surface area contributed by atoms with Crippen molar-refractivity contribution in [3.8, 4) is 0 Å². The maximum Gasteiger partial charge on any atom is 0.322 e. The van der Waals surface area contributed by atoms with Crippen molar-refractivity contribution < 1.29 is 19.1 Å². The number of fused-ring (bicyclic) bond motifs is 1. The average molecular weight is 423 g/mol. The lowest BCUT2D eigenvalue weighted by Crippen LogP contribution is -2.77. The van der Waals surface area contributed by atoms with Crippen LogP contribution in [0.5, 0.6) is 0 Å². The Kier molecular flexibility index (Phi) is 4.21. The lowest BCUT2D eigenvalue weighted by atomic mass is 9.37. The largest absolute Gasteiger partial charge is 0.381 e. The van der Waals surface area contributed by atoms with Crippen LogP contribution in [0.2, 0.25) is 0 Å². The van der Waals surface area contributed by atoms with E-state index >= 15 is 0 Å². The molecule has 0 unspecified atom stereocenters. The van der Waals surface area contributed by atoms with Crippen molar-refractivity contribution in [2.75, 3.05) is 5.32 Å². The van der Waals surface area contributed by atoms with Gasteiger partial charge >= 0.3 is 6.03 Å². The summed E-state index contributed by atoms with van der Waals surface area (Å²) in [6.45, 7) is 3.87. The third-order valence-electron chi connectivity index (χ3n) is 6.89. The summed E-state index contributed by atoms with van der Waals surface area (Å²) in [5, 5.41) is 15.8. The fraction of sp³-hybridized carbons (Fsp3) is 0.417. The van der Waals surface area contributed by atoms with E-state index in [1.807, 2.05) is 24.3 Å². The van der Waals surface area contributed by atoms with Crippen molar-refractivity contribution in [2.24, 2.45) is 0 Å². The lowest BCUT2D eigenvalue weighted by molar-refractivity contribution is -0.152. The summed E-state index contributed by atoms with van der Waals surface area (Å²) >= 11 is 0. The molecule has 3 aliphatic carbocycles. The van der Waals surface area contributed by atoms with Gasteiger partial charge in [0, 0.05) is 29.7 Å². The monoisotopic (exact) mass is 423 g/mol. The molecule has 0 saturated heterocycles. The summed E-state index contributed by atoms with van der Waals surface area (Å²) < 4.78 is 13.4. The second-order valence-corrected chi connectivity index (χ2v) is 9.88. The van der Waals surface area contributed by atoms with E-state index in [-0.39, 0.29) is 28.7 Å². The zero-order valence-corrected chi connectivity index (χ0v) is 17.7. The van der Waals surface area contributed by atoms with E-state index in [0.717, 1.165) is 30.4 Å². The molecular formula is C24H26FN3O3. The summed E-state index contributed by atoms with van der Waals surface area (Å²) in [7, 11) is 0. The number of nitrogens with one attached hydrogen (secondary N) is 2. The third-order valence-corrected chi connectivity index (χ3v) is 6.89. The number of amides is 3. The van der Waals surface area contributed by atoms with Gasteiger partial charge in [0.1, 0.15) is 11.4 Å². The summed E-state index contributed by atoms with van der Waals surface area (Å²) in [4.78, 5) is 26.3. The SMILES string of the molecule is CC(C)(O)C(=O)NC12CC(c3ccc(NC(=O)N4Cc5ccc(F)cc5C4)cc3)(C1)C2. The zero-order chi connectivity index (χ0) is 22.0. The van der Waals surface area contributed by atoms with E-state index in [4.69, 9.17) is 0 Å². The number of aliphatic hydroxyl groups is 1. The molecule has 1 aliphatic heterocycles. The minimum atomic E-state index is -1.37. The average Bonchev–Trinajstić information content (AvgIpc) is 3.06. The molecule has 4 aliphatic rings. The minimum Gasteiger partial charge on any atom is -0.381 e. The first-order valence-electron chi connectivity index (χ1n) is 10.6. The second-order valence-electron chi connectivity index (χ2n) is 9.88. The maximum absolute atomic E-state index is 13.4. The molecule has 6 nitrogen and oxygen atoms in total. The number of urea groups is 1. The van der Waals surface area contributed by atoms with E-state index in [1.54, 1.807) is 11.0 Å². The Labute approximate surface area is 180 Å². The topological polar surface area (TPSA) is 81.7 Å². The van der Waals surface area contributed by atoms with Gasteiger partial charge in [-0.2, -0.15) is 0 Å². The first-order valence-corrected chi connectivity index (χ1v) is 10.6. The van der Waals surface area contributed by atoms with Crippen molar-refractivity contribution >= 4 is 17.6 Å². The maximum atomic E-state index is 13.4. The lowest BCUT2D eigenvalue weighted by Gasteiger charge is -2.71. The molecule has 3 amide bonds. The predicted molar refractivity (Wildman–Crippen MR) is 114 cm³/mol. The van der Waals surface area contributed by atoms with E-state index in [0.29, 0.717) is 18.8 Å². The number of nitrogens with zero attached hydrogens (tertiary/aromatic N) is 1. The van der Waals surface area contributed by atoms with Crippen LogP contribution in [-0.2, 0) is 23.3 Å². The van der Waals surface area contributed by atoms with E-state index in [1.165, 1.54) is 31.5 Å². The van der Waals surface area contributed by atoms with Crippen LogP contribution in [0.1, 0.15) is 49.8 Å². The van der Waals surface area contributed by atoms with Gasteiger partial charge in [-0.1, -0.05) is 18.2 Å². The van der Waals surface area contributed by atoms with Gasteiger partial charge in [-0.3, -0.25) is 4.79 Å². The van der Waals surface area contributed by atoms with Gasteiger partial charge in [0.15, 0.2) is 0 Å². The van der Waals surface area contributed by atoms with Gasteiger partial charge in [0.25, 0.3) is 5.91 Å². The Morgan fingerprint density at radius 1 is 1.03 bits per heavy atom. The number of anilines is 1. The van der Waals surface area contributed by atoms with Gasteiger partial charge in [-0.05, 0) is 74.1 Å². The van der Waals surface area contributed by atoms with Crippen molar-refractivity contribution in [1.82, 2.24) is 10.2 Å². The number of rotatable bonds is 4. The van der Waals surface area contributed by atoms with Gasteiger partial charge in [0.05, 0.1) is 0 Å². The zero-order valence-electron chi connectivity index (χ0n) is 17.7. The highest BCUT2D eigenvalue weighted by atomic mass is 19.1. The molecule has 0 atom stereocenters. The first kappa shape index (κ1) is 20.0. The number of benzene rings is 2. The molecule has 162 valence electrons. The number of hydrogen-bond acceptors (Lipinski definition) is 3. The smallest absolute Gasteiger partial charge is 0.322 e. The van der Waals surface area contributed by atoms with Gasteiger partial charge in [-0.25, -0.2) is 9.18 Å². The van der Waals surface area contributed by atoms with Crippen LogP contribution in [0.3, 0.4) is 0 Å². The first-order chi connectivity index (χ1) is 14.6. The number of carbonyl (C=O) groups is 2. The van der Waals surface area contributed by atoms with Crippen LogP contribution in [0.25, 0.3) is 0 Å². The van der Waals surface area contributed by atoms with Crippen LogP contribution in [0.15, 0.2) is 42.5 Å². The van der Waals surface area contributed by atoms with Crippen LogP contribution in [0.4, 0.5) is 14.9 Å². The van der Waals surface area contributed by atoms with Crippen molar-refractivity contribution in [1.29, 1.82) is 0 Å². The van der Waals surface area contributed by atoms with Crippen LogP contribution < -0.4 is 10.6 Å². The van der Waals surface area contributed by atoms with Crippen LogP contribution >= 0.6 is 0 Å². The van der Waals surface area contributed by atoms with Gasteiger partial charge in [0.2, 0.25) is 0 Å². The molecule has 2 bridgehead atoms. The van der Waals surface area contributed by atoms with E-state index < -0.39 is 5.60 Å². The Hall–Kier alpha value is -2.93. The minimum absolute atomic E-state index is 0.0795. The highest BCUT2D eigenvalue weighted by Gasteiger charge is 2.69. The fourth-order valence-electron chi connectivity index (χ4n) is 5.24. The van der Waals surface area contributed by atoms with Crippen molar-refractivity contribution in [2.45, 2.75) is 62.8 Å². The summed E-state index contributed by atoms with van der Waals surface area (Å²) in [6.07, 6.45) is 2.61. The van der Waals surface area contributed by atoms with Crippen molar-refractivity contribution in [3.63, 3.8) is 0 Å². The molecule has 2 aromatic carbocycles. The molecule has 0 radical (unpaired) electrons. The molecule has 7 heteroatoms. The molecule has 31 heavy (non-hydrogen) atoms. The summed E-state index contributed by atoms with van der Waals surface area (Å²) in [6, 6.07) is 12.3.